The molecule has 1 fully saturated rings. The Labute approximate surface area is 72.6 Å². The maximum atomic E-state index is 10.8. The van der Waals surface area contributed by atoms with Crippen molar-refractivity contribution in [2.45, 2.75) is 32.4 Å². The molecule has 0 saturated carbocycles. The Balaban J connectivity index is 2.58. The van der Waals surface area contributed by atoms with Crippen molar-refractivity contribution >= 4 is 6.09 Å². The Morgan fingerprint density at radius 3 is 2.92 bits per heavy atom. The Morgan fingerprint density at radius 2 is 2.42 bits per heavy atom. The molecule has 0 spiro atoms. The third-order valence-corrected chi connectivity index (χ3v) is 2.33. The van der Waals surface area contributed by atoms with E-state index >= 15 is 0 Å². The highest BCUT2D eigenvalue weighted by Crippen LogP contribution is 2.09. The summed E-state index contributed by atoms with van der Waals surface area (Å²) in [5, 5.41) is 12.1. The van der Waals surface area contributed by atoms with Crippen LogP contribution in [0, 0.1) is 0 Å². The highest BCUT2D eigenvalue weighted by molar-refractivity contribution is 5.65. The van der Waals surface area contributed by atoms with Crippen LogP contribution in [0.2, 0.25) is 0 Å². The molecule has 0 aromatic heterocycles. The molecule has 0 aromatic rings. The summed E-state index contributed by atoms with van der Waals surface area (Å²) < 4.78 is 0. The monoisotopic (exact) mass is 172 g/mol. The lowest BCUT2D eigenvalue weighted by molar-refractivity contribution is 0.0996. The fourth-order valence-electron chi connectivity index (χ4n) is 1.56. The van der Waals surface area contributed by atoms with Crippen LogP contribution in [0.1, 0.15) is 20.3 Å². The van der Waals surface area contributed by atoms with Gasteiger partial charge >= 0.3 is 6.09 Å². The Kier molecular flexibility index (Phi) is 2.92. The summed E-state index contributed by atoms with van der Waals surface area (Å²) in [7, 11) is 0. The smallest absolute Gasteiger partial charge is 0.407 e. The van der Waals surface area contributed by atoms with Gasteiger partial charge in [-0.1, -0.05) is 6.92 Å². The van der Waals surface area contributed by atoms with Crippen LogP contribution in [0.15, 0.2) is 0 Å². The number of hydrogen-bond acceptors (Lipinski definition) is 2. The van der Waals surface area contributed by atoms with E-state index < -0.39 is 6.09 Å². The van der Waals surface area contributed by atoms with Crippen molar-refractivity contribution in [1.29, 1.82) is 0 Å². The summed E-state index contributed by atoms with van der Waals surface area (Å²) in [4.78, 5) is 12.3. The zero-order valence-electron chi connectivity index (χ0n) is 7.58. The van der Waals surface area contributed by atoms with Crippen LogP contribution in [-0.2, 0) is 0 Å². The quantitative estimate of drug-likeness (QED) is 0.613. The molecule has 1 aliphatic heterocycles. The molecule has 1 amide bonds. The lowest BCUT2D eigenvalue weighted by atomic mass is 10.1. The van der Waals surface area contributed by atoms with Crippen LogP contribution >= 0.6 is 0 Å². The minimum absolute atomic E-state index is 0.152. The van der Waals surface area contributed by atoms with Gasteiger partial charge in [0.15, 0.2) is 0 Å². The van der Waals surface area contributed by atoms with Crippen molar-refractivity contribution < 1.29 is 9.90 Å². The fraction of sp³-hybridized carbons (Fsp3) is 0.875. The highest BCUT2D eigenvalue weighted by Gasteiger charge is 2.27. The largest absolute Gasteiger partial charge is 0.465 e. The molecule has 0 bridgehead atoms. The second-order valence-electron chi connectivity index (χ2n) is 3.31. The number of rotatable bonds is 1. The van der Waals surface area contributed by atoms with Gasteiger partial charge in [0, 0.05) is 25.2 Å². The van der Waals surface area contributed by atoms with Crippen LogP contribution in [0.25, 0.3) is 0 Å². The standard InChI is InChI=1S/C8H16N2O2/c1-3-7-4-9-6(2)5-10(7)8(11)12/h6-7,9H,3-5H2,1-2H3,(H,11,12)/t6-,7+/m0/s1. The number of hydrogen-bond donors (Lipinski definition) is 2. The van der Waals surface area contributed by atoms with Crippen molar-refractivity contribution in [3.63, 3.8) is 0 Å². The number of carboxylic acid groups (broad SMARTS) is 1. The van der Waals surface area contributed by atoms with E-state index in [9.17, 15) is 4.79 Å². The van der Waals surface area contributed by atoms with Crippen LogP contribution < -0.4 is 5.32 Å². The molecule has 4 heteroatoms. The SMILES string of the molecule is CC[C@@H]1CN[C@@H](C)CN1C(=O)O. The molecule has 2 N–H and O–H groups in total. The van der Waals surface area contributed by atoms with E-state index in [1.165, 1.54) is 4.90 Å². The maximum absolute atomic E-state index is 10.8. The molecule has 1 rings (SSSR count). The third-order valence-electron chi connectivity index (χ3n) is 2.33. The first kappa shape index (κ1) is 9.32. The lowest BCUT2D eigenvalue weighted by Crippen LogP contribution is -2.56. The molecule has 2 atom stereocenters. The van der Waals surface area contributed by atoms with E-state index in [0.29, 0.717) is 6.54 Å². The highest BCUT2D eigenvalue weighted by atomic mass is 16.4. The van der Waals surface area contributed by atoms with Crippen LogP contribution in [-0.4, -0.2) is 41.3 Å². The molecular weight excluding hydrogens is 156 g/mol. The second kappa shape index (κ2) is 3.76. The van der Waals surface area contributed by atoms with Gasteiger partial charge < -0.3 is 15.3 Å². The number of piperazine rings is 1. The number of nitrogens with zero attached hydrogens (tertiary/aromatic N) is 1. The van der Waals surface area contributed by atoms with Crippen LogP contribution in [0.4, 0.5) is 4.79 Å². The van der Waals surface area contributed by atoms with E-state index in [0.717, 1.165) is 13.0 Å². The van der Waals surface area contributed by atoms with Gasteiger partial charge in [0.1, 0.15) is 0 Å². The van der Waals surface area contributed by atoms with Gasteiger partial charge in [-0.3, -0.25) is 0 Å². The van der Waals surface area contributed by atoms with Gasteiger partial charge in [0.05, 0.1) is 0 Å². The fourth-order valence-corrected chi connectivity index (χ4v) is 1.56. The minimum atomic E-state index is -0.796. The summed E-state index contributed by atoms with van der Waals surface area (Å²) >= 11 is 0. The topological polar surface area (TPSA) is 52.6 Å². The first-order chi connectivity index (χ1) is 5.65. The summed E-state index contributed by atoms with van der Waals surface area (Å²) in [5.41, 5.74) is 0. The normalized spacial score (nSPS) is 30.3. The van der Waals surface area contributed by atoms with Gasteiger partial charge in [-0.2, -0.15) is 0 Å². The zero-order chi connectivity index (χ0) is 9.14. The first-order valence-corrected chi connectivity index (χ1v) is 4.38. The van der Waals surface area contributed by atoms with E-state index in [1.54, 1.807) is 0 Å². The molecule has 12 heavy (non-hydrogen) atoms. The van der Waals surface area contributed by atoms with Crippen molar-refractivity contribution in [2.75, 3.05) is 13.1 Å². The molecule has 0 unspecified atom stereocenters. The Morgan fingerprint density at radius 1 is 1.75 bits per heavy atom. The van der Waals surface area contributed by atoms with Crippen molar-refractivity contribution in [1.82, 2.24) is 10.2 Å². The average molecular weight is 172 g/mol. The first-order valence-electron chi connectivity index (χ1n) is 4.38. The lowest BCUT2D eigenvalue weighted by Gasteiger charge is -2.36. The minimum Gasteiger partial charge on any atom is -0.465 e. The molecule has 0 radical (unpaired) electrons. The Hall–Kier alpha value is -0.770. The molecule has 70 valence electrons. The van der Waals surface area contributed by atoms with Gasteiger partial charge in [-0.15, -0.1) is 0 Å². The molecule has 4 nitrogen and oxygen atoms in total. The number of nitrogens with one attached hydrogen (secondary N) is 1. The van der Waals surface area contributed by atoms with E-state index in [-0.39, 0.29) is 12.1 Å². The average Bonchev–Trinajstić information content (AvgIpc) is 2.04. The maximum Gasteiger partial charge on any atom is 0.407 e. The predicted octanol–water partition coefficient (Wildman–Crippen LogP) is 0.737. The number of carbonyl (C=O) groups is 1. The Bertz CT molecular complexity index is 172. The predicted molar refractivity (Wildman–Crippen MR) is 46.3 cm³/mol. The van der Waals surface area contributed by atoms with Crippen LogP contribution in [0.3, 0.4) is 0 Å². The van der Waals surface area contributed by atoms with Crippen molar-refractivity contribution in [3.8, 4) is 0 Å². The van der Waals surface area contributed by atoms with Crippen LogP contribution in [0.5, 0.6) is 0 Å². The van der Waals surface area contributed by atoms with Gasteiger partial charge in [0.2, 0.25) is 0 Å². The van der Waals surface area contributed by atoms with Crippen molar-refractivity contribution in [2.24, 2.45) is 0 Å². The molecule has 1 saturated heterocycles. The molecule has 1 heterocycles. The zero-order valence-corrected chi connectivity index (χ0v) is 7.58. The summed E-state index contributed by atoms with van der Waals surface area (Å²) in [6, 6.07) is 0.433. The summed E-state index contributed by atoms with van der Waals surface area (Å²) in [5.74, 6) is 0. The van der Waals surface area contributed by atoms with Gasteiger partial charge in [-0.25, -0.2) is 4.79 Å². The van der Waals surface area contributed by atoms with Crippen molar-refractivity contribution in [3.05, 3.63) is 0 Å². The summed E-state index contributed by atoms with van der Waals surface area (Å²) in [6.07, 6.45) is 0.0849. The van der Waals surface area contributed by atoms with Gasteiger partial charge in [0.25, 0.3) is 0 Å². The number of amides is 1. The van der Waals surface area contributed by atoms with E-state index in [2.05, 4.69) is 5.32 Å². The van der Waals surface area contributed by atoms with Gasteiger partial charge in [-0.05, 0) is 13.3 Å². The molecular formula is C8H16N2O2. The molecule has 1 aliphatic rings. The molecule has 0 aliphatic carbocycles. The molecule has 0 aromatic carbocycles. The van der Waals surface area contributed by atoms with E-state index in [1.807, 2.05) is 13.8 Å². The third kappa shape index (κ3) is 1.88. The van der Waals surface area contributed by atoms with E-state index in [4.69, 9.17) is 5.11 Å². The second-order valence-corrected chi connectivity index (χ2v) is 3.31. The summed E-state index contributed by atoms with van der Waals surface area (Å²) in [6.45, 7) is 5.40.